The van der Waals surface area contributed by atoms with Crippen molar-refractivity contribution in [2.24, 2.45) is 17.3 Å². The molecule has 0 aromatic carbocycles. The Morgan fingerprint density at radius 3 is 1.62 bits per heavy atom. The first-order chi connectivity index (χ1) is 5.71. The van der Waals surface area contributed by atoms with Gasteiger partial charge < -0.3 is 10.2 Å². The van der Waals surface area contributed by atoms with Gasteiger partial charge in [0.1, 0.15) is 0 Å². The highest BCUT2D eigenvalue weighted by molar-refractivity contribution is 4.89. The molecule has 0 aliphatic rings. The van der Waals surface area contributed by atoms with E-state index in [-0.39, 0.29) is 11.8 Å². The number of aliphatic hydroxyl groups excluding tert-OH is 2. The molecule has 0 saturated carbocycles. The molecule has 2 heteroatoms. The fourth-order valence-corrected chi connectivity index (χ4v) is 1.77. The molecule has 2 N–H and O–H groups in total. The first-order valence-corrected chi connectivity index (χ1v) is 4.90. The van der Waals surface area contributed by atoms with Crippen molar-refractivity contribution >= 4 is 0 Å². The highest BCUT2D eigenvalue weighted by Gasteiger charge is 2.38. The van der Waals surface area contributed by atoms with Gasteiger partial charge in [-0.05, 0) is 18.8 Å². The van der Waals surface area contributed by atoms with Crippen molar-refractivity contribution in [2.45, 2.75) is 46.8 Å². The van der Waals surface area contributed by atoms with Crippen molar-refractivity contribution in [1.82, 2.24) is 0 Å². The van der Waals surface area contributed by atoms with Crippen LogP contribution in [0.2, 0.25) is 0 Å². The SMILES string of the molecule is [CH2]C(C)C(O)C(C)(C)C(O)C(C)C. The molecule has 0 aliphatic carbocycles. The summed E-state index contributed by atoms with van der Waals surface area (Å²) >= 11 is 0. The molecule has 2 nitrogen and oxygen atoms in total. The smallest absolute Gasteiger partial charge is 0.0641 e. The van der Waals surface area contributed by atoms with Gasteiger partial charge in [0.25, 0.3) is 0 Å². The molecule has 0 spiro atoms. The first-order valence-electron chi connectivity index (χ1n) is 4.90. The number of rotatable bonds is 4. The lowest BCUT2D eigenvalue weighted by atomic mass is 9.73. The summed E-state index contributed by atoms with van der Waals surface area (Å²) in [4.78, 5) is 0. The Kier molecular flexibility index (Phi) is 4.40. The van der Waals surface area contributed by atoms with E-state index in [0.717, 1.165) is 0 Å². The minimum absolute atomic E-state index is 0.0663. The van der Waals surface area contributed by atoms with E-state index >= 15 is 0 Å². The summed E-state index contributed by atoms with van der Waals surface area (Å²) in [6.07, 6.45) is -1.06. The van der Waals surface area contributed by atoms with Crippen LogP contribution in [-0.4, -0.2) is 22.4 Å². The molecule has 0 bridgehead atoms. The van der Waals surface area contributed by atoms with Crippen molar-refractivity contribution in [3.05, 3.63) is 6.92 Å². The van der Waals surface area contributed by atoms with E-state index in [1.807, 2.05) is 34.6 Å². The molecule has 3 unspecified atom stereocenters. The maximum absolute atomic E-state index is 9.89. The standard InChI is InChI=1S/C11H23O2/c1-7(2)9(12)11(5,6)10(13)8(3)4/h7-10,12-13H,1H2,2-6H3. The van der Waals surface area contributed by atoms with Crippen LogP contribution in [0.3, 0.4) is 0 Å². The molecule has 0 aromatic heterocycles. The predicted octanol–water partition coefficient (Wildman–Crippen LogP) is 1.86. The molecule has 3 atom stereocenters. The van der Waals surface area contributed by atoms with E-state index in [1.165, 1.54) is 0 Å². The highest BCUT2D eigenvalue weighted by Crippen LogP contribution is 2.33. The number of aliphatic hydroxyl groups is 2. The van der Waals surface area contributed by atoms with Crippen LogP contribution in [0.1, 0.15) is 34.6 Å². The molecule has 79 valence electrons. The molecule has 0 fully saturated rings. The van der Waals surface area contributed by atoms with Crippen LogP contribution in [0.15, 0.2) is 0 Å². The normalized spacial score (nSPS) is 18.0. The maximum Gasteiger partial charge on any atom is 0.0641 e. The molecule has 0 aliphatic heterocycles. The molecule has 1 radical (unpaired) electrons. The van der Waals surface area contributed by atoms with Gasteiger partial charge in [0.15, 0.2) is 0 Å². The van der Waals surface area contributed by atoms with Crippen LogP contribution >= 0.6 is 0 Å². The van der Waals surface area contributed by atoms with E-state index < -0.39 is 17.6 Å². The van der Waals surface area contributed by atoms with Gasteiger partial charge in [-0.1, -0.05) is 34.6 Å². The van der Waals surface area contributed by atoms with Crippen molar-refractivity contribution in [3.8, 4) is 0 Å². The van der Waals surface area contributed by atoms with Crippen LogP contribution in [0, 0.1) is 24.2 Å². The van der Waals surface area contributed by atoms with E-state index in [9.17, 15) is 10.2 Å². The zero-order valence-corrected chi connectivity index (χ0v) is 9.41. The van der Waals surface area contributed by atoms with Crippen LogP contribution in [0.25, 0.3) is 0 Å². The van der Waals surface area contributed by atoms with E-state index in [2.05, 4.69) is 6.92 Å². The minimum atomic E-state index is -0.565. The van der Waals surface area contributed by atoms with Crippen LogP contribution in [-0.2, 0) is 0 Å². The predicted molar refractivity (Wildman–Crippen MR) is 55.2 cm³/mol. The van der Waals surface area contributed by atoms with Crippen molar-refractivity contribution in [1.29, 1.82) is 0 Å². The quantitative estimate of drug-likeness (QED) is 0.705. The highest BCUT2D eigenvalue weighted by atomic mass is 16.3. The lowest BCUT2D eigenvalue weighted by Gasteiger charge is -2.39. The Labute approximate surface area is 82.0 Å². The fraction of sp³-hybridized carbons (Fsp3) is 0.909. The average molecular weight is 187 g/mol. The van der Waals surface area contributed by atoms with Crippen LogP contribution < -0.4 is 0 Å². The van der Waals surface area contributed by atoms with Gasteiger partial charge in [-0.15, -0.1) is 0 Å². The van der Waals surface area contributed by atoms with Crippen LogP contribution in [0.4, 0.5) is 0 Å². The number of hydrogen-bond acceptors (Lipinski definition) is 2. The van der Waals surface area contributed by atoms with Gasteiger partial charge in [-0.3, -0.25) is 0 Å². The van der Waals surface area contributed by atoms with Crippen LogP contribution in [0.5, 0.6) is 0 Å². The molecule has 0 aromatic rings. The molecule has 0 saturated heterocycles. The molecule has 0 heterocycles. The lowest BCUT2D eigenvalue weighted by Crippen LogP contribution is -2.45. The Morgan fingerprint density at radius 1 is 1.00 bits per heavy atom. The van der Waals surface area contributed by atoms with E-state index in [1.54, 1.807) is 0 Å². The second kappa shape index (κ2) is 4.43. The fourth-order valence-electron chi connectivity index (χ4n) is 1.77. The summed E-state index contributed by atoms with van der Waals surface area (Å²) in [6.45, 7) is 13.3. The van der Waals surface area contributed by atoms with Gasteiger partial charge in [0.05, 0.1) is 12.2 Å². The summed E-state index contributed by atoms with van der Waals surface area (Å²) in [6, 6.07) is 0. The van der Waals surface area contributed by atoms with Gasteiger partial charge in [0, 0.05) is 5.41 Å². The minimum Gasteiger partial charge on any atom is -0.392 e. The number of hydrogen-bond donors (Lipinski definition) is 2. The van der Waals surface area contributed by atoms with E-state index in [4.69, 9.17) is 0 Å². The molecular weight excluding hydrogens is 164 g/mol. The van der Waals surface area contributed by atoms with Crippen molar-refractivity contribution in [3.63, 3.8) is 0 Å². The Morgan fingerprint density at radius 2 is 1.38 bits per heavy atom. The molecule has 13 heavy (non-hydrogen) atoms. The van der Waals surface area contributed by atoms with Gasteiger partial charge in [-0.2, -0.15) is 0 Å². The van der Waals surface area contributed by atoms with Gasteiger partial charge in [0.2, 0.25) is 0 Å². The third-order valence-corrected chi connectivity index (χ3v) is 2.70. The lowest BCUT2D eigenvalue weighted by molar-refractivity contribution is -0.0810. The Bertz CT molecular complexity index is 134. The summed E-state index contributed by atoms with van der Waals surface area (Å²) in [7, 11) is 0. The third kappa shape index (κ3) is 2.96. The Balaban J connectivity index is 4.54. The molecule has 0 rings (SSSR count). The average Bonchev–Trinajstić information content (AvgIpc) is 2.01. The second-order valence-corrected chi connectivity index (χ2v) is 4.93. The molecule has 0 amide bonds. The largest absolute Gasteiger partial charge is 0.392 e. The summed E-state index contributed by atoms with van der Waals surface area (Å²) in [5.74, 6) is 0.0896. The first kappa shape index (κ1) is 12.9. The Hall–Kier alpha value is -0.0800. The van der Waals surface area contributed by atoms with Crippen molar-refractivity contribution < 1.29 is 10.2 Å². The summed E-state index contributed by atoms with van der Waals surface area (Å²) < 4.78 is 0. The van der Waals surface area contributed by atoms with Gasteiger partial charge >= 0.3 is 0 Å². The maximum atomic E-state index is 9.89. The second-order valence-electron chi connectivity index (χ2n) is 4.93. The van der Waals surface area contributed by atoms with Gasteiger partial charge in [-0.25, -0.2) is 0 Å². The summed E-state index contributed by atoms with van der Waals surface area (Å²) in [5.41, 5.74) is -0.491. The zero-order chi connectivity index (χ0) is 10.8. The van der Waals surface area contributed by atoms with Crippen molar-refractivity contribution in [2.75, 3.05) is 0 Å². The summed E-state index contributed by atoms with van der Waals surface area (Å²) in [5, 5.41) is 19.7. The topological polar surface area (TPSA) is 40.5 Å². The van der Waals surface area contributed by atoms with E-state index in [0.29, 0.717) is 0 Å². The monoisotopic (exact) mass is 187 g/mol. The zero-order valence-electron chi connectivity index (χ0n) is 9.41. The third-order valence-electron chi connectivity index (χ3n) is 2.70. The molecular formula is C11H23O2.